The van der Waals surface area contributed by atoms with Crippen molar-refractivity contribution in [1.29, 1.82) is 0 Å². The Morgan fingerprint density at radius 2 is 1.95 bits per heavy atom. The second kappa shape index (κ2) is 6.74. The zero-order chi connectivity index (χ0) is 14.4. The van der Waals surface area contributed by atoms with Crippen LogP contribution in [0, 0.1) is 0 Å². The lowest BCUT2D eigenvalue weighted by atomic mass is 10.1. The number of halogens is 1. The molecule has 19 heavy (non-hydrogen) atoms. The predicted octanol–water partition coefficient (Wildman–Crippen LogP) is 0.161. The molecule has 7 nitrogen and oxygen atoms in total. The number of nitrogens with one attached hydrogen (secondary N) is 2. The van der Waals surface area contributed by atoms with Crippen LogP contribution in [0.2, 0.25) is 0 Å². The third kappa shape index (κ3) is 4.96. The van der Waals surface area contributed by atoms with E-state index in [-0.39, 0.29) is 12.1 Å². The lowest BCUT2D eigenvalue weighted by Crippen LogP contribution is -2.34. The van der Waals surface area contributed by atoms with Gasteiger partial charge in [-0.1, -0.05) is 15.9 Å². The molecule has 0 atom stereocenters. The number of nitrogens with two attached hydrogens (primary N) is 1. The second-order valence-electron chi connectivity index (χ2n) is 3.58. The minimum Gasteiger partial charge on any atom is -0.480 e. The van der Waals surface area contributed by atoms with E-state index >= 15 is 0 Å². The zero-order valence-electron chi connectivity index (χ0n) is 9.77. The second-order valence-corrected chi connectivity index (χ2v) is 4.49. The number of rotatable bonds is 6. The molecule has 0 heterocycles. The van der Waals surface area contributed by atoms with E-state index in [9.17, 15) is 14.4 Å². The van der Waals surface area contributed by atoms with Crippen molar-refractivity contribution in [2.75, 3.05) is 18.4 Å². The van der Waals surface area contributed by atoms with Crippen LogP contribution < -0.4 is 16.4 Å². The number of aliphatic carboxylic acids is 1. The van der Waals surface area contributed by atoms with Crippen LogP contribution in [-0.4, -0.2) is 36.0 Å². The Balaban J connectivity index is 2.66. The molecule has 0 unspecified atom stereocenters. The van der Waals surface area contributed by atoms with Gasteiger partial charge in [-0.3, -0.25) is 14.4 Å². The SMILES string of the molecule is NC(=O)c1ccc(Br)cc1NCC(=O)NCC(=O)O. The Kier molecular flexibility index (Phi) is 5.31. The molecule has 1 rings (SSSR count). The minimum atomic E-state index is -1.13. The molecule has 0 aliphatic carbocycles. The van der Waals surface area contributed by atoms with Gasteiger partial charge in [0.25, 0.3) is 5.91 Å². The van der Waals surface area contributed by atoms with Crippen molar-refractivity contribution < 1.29 is 19.5 Å². The smallest absolute Gasteiger partial charge is 0.322 e. The van der Waals surface area contributed by atoms with Gasteiger partial charge >= 0.3 is 5.97 Å². The summed E-state index contributed by atoms with van der Waals surface area (Å²) in [4.78, 5) is 32.8. The van der Waals surface area contributed by atoms with Gasteiger partial charge in [0, 0.05) is 10.2 Å². The summed E-state index contributed by atoms with van der Waals surface area (Å²) in [5.41, 5.74) is 5.84. The summed E-state index contributed by atoms with van der Waals surface area (Å²) < 4.78 is 0.714. The van der Waals surface area contributed by atoms with Crippen molar-refractivity contribution in [1.82, 2.24) is 5.32 Å². The Bertz CT molecular complexity index is 519. The number of anilines is 1. The Morgan fingerprint density at radius 3 is 2.53 bits per heavy atom. The third-order valence-corrected chi connectivity index (χ3v) is 2.62. The number of hydrogen-bond donors (Lipinski definition) is 4. The van der Waals surface area contributed by atoms with Crippen molar-refractivity contribution >= 4 is 39.4 Å². The molecule has 0 spiro atoms. The number of carboxylic acids is 1. The summed E-state index contributed by atoms with van der Waals surface area (Å²) in [6, 6.07) is 4.77. The van der Waals surface area contributed by atoms with Crippen LogP contribution >= 0.6 is 15.9 Å². The van der Waals surface area contributed by atoms with Gasteiger partial charge in [-0.25, -0.2) is 0 Å². The fraction of sp³-hybridized carbons (Fsp3) is 0.182. The van der Waals surface area contributed by atoms with Crippen molar-refractivity contribution in [3.8, 4) is 0 Å². The number of carbonyl (C=O) groups excluding carboxylic acids is 2. The van der Waals surface area contributed by atoms with Gasteiger partial charge < -0.3 is 21.5 Å². The van der Waals surface area contributed by atoms with Crippen LogP contribution in [0.5, 0.6) is 0 Å². The normalized spacial score (nSPS) is 9.74. The van der Waals surface area contributed by atoms with Gasteiger partial charge in [-0.2, -0.15) is 0 Å². The van der Waals surface area contributed by atoms with E-state index in [0.717, 1.165) is 0 Å². The molecule has 8 heteroatoms. The van der Waals surface area contributed by atoms with E-state index < -0.39 is 24.3 Å². The van der Waals surface area contributed by atoms with Gasteiger partial charge in [0.15, 0.2) is 0 Å². The van der Waals surface area contributed by atoms with Gasteiger partial charge in [0.2, 0.25) is 5.91 Å². The minimum absolute atomic E-state index is 0.163. The highest BCUT2D eigenvalue weighted by molar-refractivity contribution is 9.10. The maximum absolute atomic E-state index is 11.3. The topological polar surface area (TPSA) is 122 Å². The third-order valence-electron chi connectivity index (χ3n) is 2.12. The van der Waals surface area contributed by atoms with Crippen LogP contribution in [-0.2, 0) is 9.59 Å². The number of amides is 2. The lowest BCUT2D eigenvalue weighted by molar-refractivity contribution is -0.137. The fourth-order valence-corrected chi connectivity index (χ4v) is 1.65. The number of hydrogen-bond acceptors (Lipinski definition) is 4. The van der Waals surface area contributed by atoms with Crippen molar-refractivity contribution in [2.24, 2.45) is 5.73 Å². The van der Waals surface area contributed by atoms with Gasteiger partial charge in [0.1, 0.15) is 6.54 Å². The van der Waals surface area contributed by atoms with Crippen LogP contribution in [0.25, 0.3) is 0 Å². The maximum atomic E-state index is 11.3. The molecular weight excluding hydrogens is 318 g/mol. The molecule has 0 aliphatic heterocycles. The summed E-state index contributed by atoms with van der Waals surface area (Å²) in [6.07, 6.45) is 0. The van der Waals surface area contributed by atoms with E-state index in [1.807, 2.05) is 0 Å². The molecule has 0 aliphatic rings. The lowest BCUT2D eigenvalue weighted by Gasteiger charge is -2.10. The van der Waals surface area contributed by atoms with Crippen molar-refractivity contribution in [3.05, 3.63) is 28.2 Å². The van der Waals surface area contributed by atoms with Crippen LogP contribution in [0.3, 0.4) is 0 Å². The van der Waals surface area contributed by atoms with Gasteiger partial charge in [-0.15, -0.1) is 0 Å². The van der Waals surface area contributed by atoms with Crippen molar-refractivity contribution in [2.45, 2.75) is 0 Å². The zero-order valence-corrected chi connectivity index (χ0v) is 11.4. The van der Waals surface area contributed by atoms with Crippen molar-refractivity contribution in [3.63, 3.8) is 0 Å². The van der Waals surface area contributed by atoms with Crippen LogP contribution in [0.4, 0.5) is 5.69 Å². The van der Waals surface area contributed by atoms with E-state index in [2.05, 4.69) is 26.6 Å². The van der Waals surface area contributed by atoms with Gasteiger partial charge in [-0.05, 0) is 18.2 Å². The molecule has 0 bridgehead atoms. The summed E-state index contributed by atoms with van der Waals surface area (Å²) in [6.45, 7) is -0.619. The molecule has 5 N–H and O–H groups in total. The van der Waals surface area contributed by atoms with E-state index in [1.54, 1.807) is 12.1 Å². The summed E-state index contributed by atoms with van der Waals surface area (Å²) in [5.74, 6) is -2.26. The first-order valence-corrected chi connectivity index (χ1v) is 6.01. The molecule has 0 fully saturated rings. The molecular formula is C11H12BrN3O4. The molecule has 102 valence electrons. The average Bonchev–Trinajstić information content (AvgIpc) is 2.33. The monoisotopic (exact) mass is 329 g/mol. The molecule has 1 aromatic rings. The molecule has 2 amide bonds. The van der Waals surface area contributed by atoms with Gasteiger partial charge in [0.05, 0.1) is 12.1 Å². The number of carbonyl (C=O) groups is 3. The predicted molar refractivity (Wildman–Crippen MR) is 71.8 cm³/mol. The summed E-state index contributed by atoms with van der Waals surface area (Å²) in [5, 5.41) is 13.3. The number of benzene rings is 1. The van der Waals surface area contributed by atoms with E-state index in [1.165, 1.54) is 6.07 Å². The highest BCUT2D eigenvalue weighted by Crippen LogP contribution is 2.20. The fourth-order valence-electron chi connectivity index (χ4n) is 1.29. The molecule has 0 saturated carbocycles. The summed E-state index contributed by atoms with van der Waals surface area (Å²) in [7, 11) is 0. The average molecular weight is 330 g/mol. The molecule has 0 aromatic heterocycles. The van der Waals surface area contributed by atoms with Crippen LogP contribution in [0.1, 0.15) is 10.4 Å². The van der Waals surface area contributed by atoms with Crippen LogP contribution in [0.15, 0.2) is 22.7 Å². The number of primary amides is 1. The Labute approximate surface area is 117 Å². The number of carboxylic acid groups (broad SMARTS) is 1. The molecule has 1 aromatic carbocycles. The van der Waals surface area contributed by atoms with E-state index in [4.69, 9.17) is 10.8 Å². The Hall–Kier alpha value is -2.09. The first kappa shape index (κ1) is 15.0. The summed E-state index contributed by atoms with van der Waals surface area (Å²) >= 11 is 3.23. The molecule has 0 radical (unpaired) electrons. The first-order chi connectivity index (χ1) is 8.90. The quantitative estimate of drug-likeness (QED) is 0.592. The standard InChI is InChI=1S/C11H12BrN3O4/c12-6-1-2-7(11(13)19)8(3-6)14-4-9(16)15-5-10(17)18/h1-3,14H,4-5H2,(H2,13,19)(H,15,16)(H,17,18). The maximum Gasteiger partial charge on any atom is 0.322 e. The largest absolute Gasteiger partial charge is 0.480 e. The highest BCUT2D eigenvalue weighted by Gasteiger charge is 2.10. The first-order valence-electron chi connectivity index (χ1n) is 5.22. The Morgan fingerprint density at radius 1 is 1.26 bits per heavy atom. The molecule has 0 saturated heterocycles. The van der Waals surface area contributed by atoms with E-state index in [0.29, 0.717) is 10.2 Å². The highest BCUT2D eigenvalue weighted by atomic mass is 79.9.